The summed E-state index contributed by atoms with van der Waals surface area (Å²) >= 11 is 0. The smallest absolute Gasteiger partial charge is 0.220 e. The normalized spacial score (nSPS) is 14.5. The number of nitrogens with zero attached hydrogens (tertiary/aromatic N) is 2. The van der Waals surface area contributed by atoms with E-state index >= 15 is 0 Å². The van der Waals surface area contributed by atoms with Crippen LogP contribution in [0.5, 0.6) is 5.75 Å². The van der Waals surface area contributed by atoms with E-state index in [1.807, 2.05) is 42.5 Å². The van der Waals surface area contributed by atoms with Crippen molar-refractivity contribution in [2.24, 2.45) is 0 Å². The second-order valence-electron chi connectivity index (χ2n) is 7.69. The number of piperidine rings is 1. The maximum absolute atomic E-state index is 12.4. The van der Waals surface area contributed by atoms with Crippen LogP contribution in [0.2, 0.25) is 0 Å². The van der Waals surface area contributed by atoms with E-state index in [4.69, 9.17) is 4.74 Å². The highest BCUT2D eigenvalue weighted by Gasteiger charge is 2.22. The number of aryl methyl sites for hydroxylation is 1. The number of hydrogen-bond donors (Lipinski definition) is 2. The predicted molar refractivity (Wildman–Crippen MR) is 119 cm³/mol. The van der Waals surface area contributed by atoms with Crippen LogP contribution < -0.4 is 15.0 Å². The van der Waals surface area contributed by atoms with E-state index in [9.17, 15) is 4.79 Å². The summed E-state index contributed by atoms with van der Waals surface area (Å²) in [5.74, 6) is 1.91. The molecule has 6 heteroatoms. The van der Waals surface area contributed by atoms with Gasteiger partial charge in [-0.15, -0.1) is 0 Å². The molecule has 0 atom stereocenters. The summed E-state index contributed by atoms with van der Waals surface area (Å²) in [5, 5.41) is 10.8. The highest BCUT2D eigenvalue weighted by Crippen LogP contribution is 2.24. The van der Waals surface area contributed by atoms with Crippen molar-refractivity contribution in [3.05, 3.63) is 66.2 Å². The van der Waals surface area contributed by atoms with E-state index in [0.29, 0.717) is 6.42 Å². The number of amides is 1. The quantitative estimate of drug-likeness (QED) is 0.628. The fourth-order valence-electron chi connectivity index (χ4n) is 3.88. The summed E-state index contributed by atoms with van der Waals surface area (Å²) in [4.78, 5) is 14.7. The third kappa shape index (κ3) is 5.00. The SMILES string of the molecule is COc1cccc(CCC(=O)NC2CCN(c3cc(-c4ccccc4)[nH]n3)CC2)c1. The monoisotopic (exact) mass is 404 g/mol. The fraction of sp³-hybridized carbons (Fsp3) is 0.333. The third-order valence-corrected chi connectivity index (χ3v) is 5.61. The van der Waals surface area contributed by atoms with Gasteiger partial charge >= 0.3 is 0 Å². The molecule has 1 aliphatic heterocycles. The molecule has 6 nitrogen and oxygen atoms in total. The molecule has 1 saturated heterocycles. The number of carbonyl (C=O) groups is 1. The molecule has 0 bridgehead atoms. The van der Waals surface area contributed by atoms with Gasteiger partial charge in [0.15, 0.2) is 5.82 Å². The number of carbonyl (C=O) groups excluding carboxylic acids is 1. The minimum absolute atomic E-state index is 0.113. The molecular formula is C24H28N4O2. The lowest BCUT2D eigenvalue weighted by Crippen LogP contribution is -2.44. The van der Waals surface area contributed by atoms with Crippen molar-refractivity contribution in [1.29, 1.82) is 0 Å². The second kappa shape index (κ2) is 9.48. The number of rotatable bonds is 7. The Bertz CT molecular complexity index is 962. The Morgan fingerprint density at radius 1 is 1.13 bits per heavy atom. The summed E-state index contributed by atoms with van der Waals surface area (Å²) in [6, 6.07) is 20.4. The predicted octanol–water partition coefficient (Wildman–Crippen LogP) is 3.80. The van der Waals surface area contributed by atoms with E-state index in [-0.39, 0.29) is 11.9 Å². The van der Waals surface area contributed by atoms with E-state index in [0.717, 1.165) is 60.7 Å². The van der Waals surface area contributed by atoms with E-state index in [1.54, 1.807) is 7.11 Å². The zero-order chi connectivity index (χ0) is 20.8. The van der Waals surface area contributed by atoms with Crippen LogP contribution in [0.4, 0.5) is 5.82 Å². The van der Waals surface area contributed by atoms with Gasteiger partial charge in [-0.1, -0.05) is 42.5 Å². The minimum Gasteiger partial charge on any atom is -0.497 e. The first-order chi connectivity index (χ1) is 14.7. The van der Waals surface area contributed by atoms with Crippen LogP contribution in [-0.2, 0) is 11.2 Å². The zero-order valence-corrected chi connectivity index (χ0v) is 17.3. The average molecular weight is 405 g/mol. The molecule has 0 aliphatic carbocycles. The fourth-order valence-corrected chi connectivity index (χ4v) is 3.88. The molecule has 2 N–H and O–H groups in total. The van der Waals surface area contributed by atoms with Gasteiger partial charge in [0.25, 0.3) is 0 Å². The Morgan fingerprint density at radius 3 is 2.70 bits per heavy atom. The maximum Gasteiger partial charge on any atom is 0.220 e. The molecule has 156 valence electrons. The van der Waals surface area contributed by atoms with Gasteiger partial charge in [0.2, 0.25) is 5.91 Å². The molecule has 3 aromatic rings. The molecule has 2 heterocycles. The molecular weight excluding hydrogens is 376 g/mol. The van der Waals surface area contributed by atoms with E-state index in [1.165, 1.54) is 0 Å². The van der Waals surface area contributed by atoms with Gasteiger partial charge in [-0.05, 0) is 42.5 Å². The van der Waals surface area contributed by atoms with Crippen LogP contribution >= 0.6 is 0 Å². The van der Waals surface area contributed by atoms with Crippen molar-refractivity contribution in [2.45, 2.75) is 31.7 Å². The van der Waals surface area contributed by atoms with Crippen LogP contribution in [-0.4, -0.2) is 42.3 Å². The lowest BCUT2D eigenvalue weighted by molar-refractivity contribution is -0.121. The molecule has 1 fully saturated rings. The van der Waals surface area contributed by atoms with Crippen molar-refractivity contribution in [1.82, 2.24) is 15.5 Å². The molecule has 1 aromatic heterocycles. The van der Waals surface area contributed by atoms with Gasteiger partial charge in [0, 0.05) is 31.6 Å². The molecule has 4 rings (SSSR count). The number of ether oxygens (including phenoxy) is 1. The van der Waals surface area contributed by atoms with Crippen molar-refractivity contribution in [3.8, 4) is 17.0 Å². The van der Waals surface area contributed by atoms with E-state index < -0.39 is 0 Å². The second-order valence-corrected chi connectivity index (χ2v) is 7.69. The van der Waals surface area contributed by atoms with Gasteiger partial charge in [-0.2, -0.15) is 5.10 Å². The van der Waals surface area contributed by atoms with Crippen LogP contribution in [0.15, 0.2) is 60.7 Å². The Morgan fingerprint density at radius 2 is 1.93 bits per heavy atom. The molecule has 0 spiro atoms. The molecule has 0 saturated carbocycles. The number of aromatic amines is 1. The number of anilines is 1. The largest absolute Gasteiger partial charge is 0.497 e. The van der Waals surface area contributed by atoms with Crippen LogP contribution in [0.25, 0.3) is 11.3 Å². The molecule has 1 amide bonds. The van der Waals surface area contributed by atoms with Crippen molar-refractivity contribution >= 4 is 11.7 Å². The van der Waals surface area contributed by atoms with Crippen molar-refractivity contribution in [3.63, 3.8) is 0 Å². The topological polar surface area (TPSA) is 70.2 Å². The van der Waals surface area contributed by atoms with E-state index in [2.05, 4.69) is 38.6 Å². The highest BCUT2D eigenvalue weighted by molar-refractivity contribution is 5.76. The number of benzene rings is 2. The van der Waals surface area contributed by atoms with Gasteiger partial charge in [-0.3, -0.25) is 9.89 Å². The van der Waals surface area contributed by atoms with Crippen molar-refractivity contribution in [2.75, 3.05) is 25.1 Å². The highest BCUT2D eigenvalue weighted by atomic mass is 16.5. The first kappa shape index (κ1) is 20.0. The van der Waals surface area contributed by atoms with Gasteiger partial charge in [-0.25, -0.2) is 0 Å². The summed E-state index contributed by atoms with van der Waals surface area (Å²) in [7, 11) is 1.66. The number of aromatic nitrogens is 2. The molecule has 30 heavy (non-hydrogen) atoms. The first-order valence-electron chi connectivity index (χ1n) is 10.5. The molecule has 0 radical (unpaired) electrons. The number of hydrogen-bond acceptors (Lipinski definition) is 4. The maximum atomic E-state index is 12.4. The zero-order valence-electron chi connectivity index (χ0n) is 17.3. The van der Waals surface area contributed by atoms with Crippen LogP contribution in [0, 0.1) is 0 Å². The summed E-state index contributed by atoms with van der Waals surface area (Å²) in [6.45, 7) is 1.78. The Labute approximate surface area is 177 Å². The van der Waals surface area contributed by atoms with Gasteiger partial charge < -0.3 is 15.0 Å². The lowest BCUT2D eigenvalue weighted by atomic mass is 10.0. The summed E-state index contributed by atoms with van der Waals surface area (Å²) < 4.78 is 5.24. The van der Waals surface area contributed by atoms with Crippen LogP contribution in [0.3, 0.4) is 0 Å². The molecule has 0 unspecified atom stereocenters. The Hall–Kier alpha value is -3.28. The van der Waals surface area contributed by atoms with Crippen LogP contribution in [0.1, 0.15) is 24.8 Å². The van der Waals surface area contributed by atoms with Gasteiger partial charge in [0.05, 0.1) is 12.8 Å². The lowest BCUT2D eigenvalue weighted by Gasteiger charge is -2.32. The molecule has 1 aliphatic rings. The standard InChI is InChI=1S/C24H28N4O2/c1-30-21-9-5-6-18(16-21)10-11-24(29)25-20-12-14-28(15-13-20)23-17-22(26-27-23)19-7-3-2-4-8-19/h2-9,16-17,20H,10-15H2,1H3,(H,25,29)(H,26,27). The number of methoxy groups -OCH3 is 1. The number of H-pyrrole nitrogens is 1. The Kier molecular flexibility index (Phi) is 6.32. The minimum atomic E-state index is 0.113. The summed E-state index contributed by atoms with van der Waals surface area (Å²) in [5.41, 5.74) is 3.28. The molecule has 2 aromatic carbocycles. The summed E-state index contributed by atoms with van der Waals surface area (Å²) in [6.07, 6.45) is 3.07. The average Bonchev–Trinajstić information content (AvgIpc) is 3.29. The van der Waals surface area contributed by atoms with Crippen molar-refractivity contribution < 1.29 is 9.53 Å². The first-order valence-corrected chi connectivity index (χ1v) is 10.5. The third-order valence-electron chi connectivity index (χ3n) is 5.61. The number of nitrogens with one attached hydrogen (secondary N) is 2. The Balaban J connectivity index is 1.23. The van der Waals surface area contributed by atoms with Gasteiger partial charge in [0.1, 0.15) is 5.75 Å².